The van der Waals surface area contributed by atoms with Gasteiger partial charge in [0, 0.05) is 33.6 Å². The number of nitrogens with zero attached hydrogens (tertiary/aromatic N) is 2. The second-order valence-corrected chi connectivity index (χ2v) is 4.87. The fourth-order valence-corrected chi connectivity index (χ4v) is 1.99. The third kappa shape index (κ3) is 6.56. The molecule has 0 saturated heterocycles. The van der Waals surface area contributed by atoms with E-state index in [4.69, 9.17) is 4.74 Å². The molecule has 122 valence electrons. The molecule has 0 amide bonds. The van der Waals surface area contributed by atoms with Gasteiger partial charge in [0.25, 0.3) is 0 Å². The van der Waals surface area contributed by atoms with Crippen molar-refractivity contribution < 1.29 is 13.9 Å². The summed E-state index contributed by atoms with van der Waals surface area (Å²) in [7, 11) is 3.61. The van der Waals surface area contributed by atoms with Gasteiger partial charge in [-0.2, -0.15) is 0 Å². The molecule has 0 aliphatic carbocycles. The molecule has 0 spiro atoms. The largest absolute Gasteiger partial charge is 0.466 e. The van der Waals surface area contributed by atoms with Crippen LogP contribution in [-0.2, 0) is 16.1 Å². The third-order valence-corrected chi connectivity index (χ3v) is 3.05. The Kier molecular flexibility index (Phi) is 7.96. The maximum atomic E-state index is 12.9. The van der Waals surface area contributed by atoms with Crippen LogP contribution in [0.3, 0.4) is 0 Å². The molecular formula is C16H24FN3O2. The molecule has 1 N–H and O–H groups in total. The summed E-state index contributed by atoms with van der Waals surface area (Å²) in [6, 6.07) is 6.39. The Balaban J connectivity index is 2.37. The Morgan fingerprint density at radius 3 is 2.64 bits per heavy atom. The zero-order valence-electron chi connectivity index (χ0n) is 13.4. The molecule has 0 radical (unpaired) electrons. The van der Waals surface area contributed by atoms with Gasteiger partial charge >= 0.3 is 5.97 Å². The fraction of sp³-hybridized carbons (Fsp3) is 0.500. The van der Waals surface area contributed by atoms with E-state index in [1.54, 1.807) is 26.1 Å². The molecule has 1 rings (SSSR count). The Hall–Kier alpha value is -2.11. The second kappa shape index (κ2) is 9.76. The van der Waals surface area contributed by atoms with Gasteiger partial charge in [0.1, 0.15) is 5.82 Å². The van der Waals surface area contributed by atoms with Crippen molar-refractivity contribution >= 4 is 11.9 Å². The third-order valence-electron chi connectivity index (χ3n) is 3.05. The molecule has 1 aromatic carbocycles. The van der Waals surface area contributed by atoms with Crippen LogP contribution in [0.1, 0.15) is 25.3 Å². The molecular weight excluding hydrogens is 285 g/mol. The Morgan fingerprint density at radius 1 is 1.36 bits per heavy atom. The van der Waals surface area contributed by atoms with Gasteiger partial charge in [-0.25, -0.2) is 4.39 Å². The molecule has 5 nitrogen and oxygen atoms in total. The highest BCUT2D eigenvalue weighted by Gasteiger charge is 2.07. The minimum absolute atomic E-state index is 0.182. The first-order valence-electron chi connectivity index (χ1n) is 7.38. The maximum Gasteiger partial charge on any atom is 0.305 e. The van der Waals surface area contributed by atoms with Crippen molar-refractivity contribution in [1.82, 2.24) is 10.2 Å². The number of benzene rings is 1. The number of ether oxygens (including phenoxy) is 1. The van der Waals surface area contributed by atoms with Crippen LogP contribution in [0.25, 0.3) is 0 Å². The minimum Gasteiger partial charge on any atom is -0.466 e. The van der Waals surface area contributed by atoms with Crippen molar-refractivity contribution in [3.63, 3.8) is 0 Å². The van der Waals surface area contributed by atoms with E-state index in [0.29, 0.717) is 32.5 Å². The summed E-state index contributed by atoms with van der Waals surface area (Å²) in [5.41, 5.74) is 0.998. The van der Waals surface area contributed by atoms with E-state index in [1.807, 2.05) is 11.9 Å². The SMILES string of the molecule is CCOC(=O)CCCNC(=NC)N(C)Cc1ccc(F)cc1. The molecule has 0 unspecified atom stereocenters. The van der Waals surface area contributed by atoms with Gasteiger partial charge in [0.05, 0.1) is 6.61 Å². The minimum atomic E-state index is -0.243. The number of halogens is 1. The van der Waals surface area contributed by atoms with Crippen molar-refractivity contribution in [3.05, 3.63) is 35.6 Å². The molecule has 6 heteroatoms. The van der Waals surface area contributed by atoms with Crippen molar-refractivity contribution in [3.8, 4) is 0 Å². The zero-order chi connectivity index (χ0) is 16.4. The summed E-state index contributed by atoms with van der Waals surface area (Å²) < 4.78 is 17.8. The van der Waals surface area contributed by atoms with E-state index >= 15 is 0 Å². The number of hydrogen-bond acceptors (Lipinski definition) is 3. The summed E-state index contributed by atoms with van der Waals surface area (Å²) in [5.74, 6) is 0.306. The lowest BCUT2D eigenvalue weighted by atomic mass is 10.2. The molecule has 0 atom stereocenters. The van der Waals surface area contributed by atoms with Gasteiger partial charge in [0.15, 0.2) is 5.96 Å². The number of nitrogens with one attached hydrogen (secondary N) is 1. The van der Waals surface area contributed by atoms with E-state index in [-0.39, 0.29) is 11.8 Å². The summed E-state index contributed by atoms with van der Waals surface area (Å²) >= 11 is 0. The van der Waals surface area contributed by atoms with Crippen LogP contribution in [0.5, 0.6) is 0 Å². The average Bonchev–Trinajstić information content (AvgIpc) is 2.50. The first-order chi connectivity index (χ1) is 10.6. The number of carbonyl (C=O) groups is 1. The molecule has 0 saturated carbocycles. The van der Waals surface area contributed by atoms with Gasteiger partial charge < -0.3 is 15.0 Å². The van der Waals surface area contributed by atoms with Crippen molar-refractivity contribution in [1.29, 1.82) is 0 Å². The van der Waals surface area contributed by atoms with Crippen LogP contribution < -0.4 is 5.32 Å². The first-order valence-corrected chi connectivity index (χ1v) is 7.38. The molecule has 22 heavy (non-hydrogen) atoms. The Bertz CT molecular complexity index is 489. The predicted octanol–water partition coefficient (Wildman–Crippen LogP) is 2.18. The summed E-state index contributed by atoms with van der Waals surface area (Å²) in [6.45, 7) is 3.47. The van der Waals surface area contributed by atoms with Crippen LogP contribution in [0, 0.1) is 5.82 Å². The van der Waals surface area contributed by atoms with Crippen LogP contribution >= 0.6 is 0 Å². The predicted molar refractivity (Wildman–Crippen MR) is 85.1 cm³/mol. The topological polar surface area (TPSA) is 53.9 Å². The van der Waals surface area contributed by atoms with E-state index in [0.717, 1.165) is 11.5 Å². The summed E-state index contributed by atoms with van der Waals surface area (Å²) in [4.78, 5) is 17.4. The lowest BCUT2D eigenvalue weighted by Crippen LogP contribution is -2.39. The highest BCUT2D eigenvalue weighted by Crippen LogP contribution is 2.05. The first kappa shape index (κ1) is 17.9. The molecule has 0 aromatic heterocycles. The molecule has 0 aliphatic heterocycles. The number of aliphatic imine (C=N–C) groups is 1. The van der Waals surface area contributed by atoms with Gasteiger partial charge in [0.2, 0.25) is 0 Å². The number of esters is 1. The monoisotopic (exact) mass is 309 g/mol. The van der Waals surface area contributed by atoms with E-state index < -0.39 is 0 Å². The smallest absolute Gasteiger partial charge is 0.305 e. The zero-order valence-corrected chi connectivity index (χ0v) is 13.4. The fourth-order valence-electron chi connectivity index (χ4n) is 1.99. The Labute approximate surface area is 131 Å². The molecule has 0 bridgehead atoms. The normalized spacial score (nSPS) is 11.2. The highest BCUT2D eigenvalue weighted by molar-refractivity contribution is 5.79. The molecule has 0 aliphatic rings. The quantitative estimate of drug-likeness (QED) is 0.363. The second-order valence-electron chi connectivity index (χ2n) is 4.87. The van der Waals surface area contributed by atoms with Crippen LogP contribution in [0.15, 0.2) is 29.3 Å². The highest BCUT2D eigenvalue weighted by atomic mass is 19.1. The summed E-state index contributed by atoms with van der Waals surface area (Å²) in [6.07, 6.45) is 1.07. The van der Waals surface area contributed by atoms with Crippen LogP contribution in [-0.4, -0.2) is 44.1 Å². The number of rotatable bonds is 7. The van der Waals surface area contributed by atoms with E-state index in [2.05, 4.69) is 10.3 Å². The molecule has 1 aromatic rings. The molecule has 0 heterocycles. The number of guanidine groups is 1. The van der Waals surface area contributed by atoms with Crippen molar-refractivity contribution in [2.24, 2.45) is 4.99 Å². The maximum absolute atomic E-state index is 12.9. The van der Waals surface area contributed by atoms with Crippen LogP contribution in [0.2, 0.25) is 0 Å². The molecule has 0 fully saturated rings. The Morgan fingerprint density at radius 2 is 2.05 bits per heavy atom. The van der Waals surface area contributed by atoms with Gasteiger partial charge in [-0.3, -0.25) is 9.79 Å². The van der Waals surface area contributed by atoms with Gasteiger partial charge in [-0.1, -0.05) is 12.1 Å². The van der Waals surface area contributed by atoms with Crippen LogP contribution in [0.4, 0.5) is 4.39 Å². The summed E-state index contributed by atoms with van der Waals surface area (Å²) in [5, 5.41) is 3.19. The average molecular weight is 309 g/mol. The standard InChI is InChI=1S/C16H24FN3O2/c1-4-22-15(21)6-5-11-19-16(18-2)20(3)12-13-7-9-14(17)10-8-13/h7-10H,4-6,11-12H2,1-3H3,(H,18,19). The van der Waals surface area contributed by atoms with Crippen molar-refractivity contribution in [2.75, 3.05) is 27.2 Å². The lowest BCUT2D eigenvalue weighted by molar-refractivity contribution is -0.143. The van der Waals surface area contributed by atoms with Gasteiger partial charge in [-0.15, -0.1) is 0 Å². The number of carbonyl (C=O) groups excluding carboxylic acids is 1. The van der Waals surface area contributed by atoms with Gasteiger partial charge in [-0.05, 0) is 31.0 Å². The van der Waals surface area contributed by atoms with Crippen molar-refractivity contribution in [2.45, 2.75) is 26.3 Å². The van der Waals surface area contributed by atoms with E-state index in [9.17, 15) is 9.18 Å². The number of hydrogen-bond donors (Lipinski definition) is 1. The lowest BCUT2D eigenvalue weighted by Gasteiger charge is -2.22. The van der Waals surface area contributed by atoms with E-state index in [1.165, 1.54) is 12.1 Å².